The Morgan fingerprint density at radius 1 is 1.08 bits per heavy atom. The molecule has 0 amide bonds. The third kappa shape index (κ3) is 6.68. The van der Waals surface area contributed by atoms with Crippen LogP contribution in [0.5, 0.6) is 0 Å². The SMILES string of the molecule is C=C(NCC(C)C)[C@@H](C)CC(C)C. The van der Waals surface area contributed by atoms with E-state index in [9.17, 15) is 0 Å². The minimum absolute atomic E-state index is 0.596. The standard InChI is InChI=1S/C12H25N/c1-9(2)7-11(5)12(6)13-8-10(3)4/h9-11,13H,6-8H2,1-5H3/t11-/m0/s1. The fourth-order valence-electron chi connectivity index (χ4n) is 1.36. The van der Waals surface area contributed by atoms with Crippen molar-refractivity contribution in [2.75, 3.05) is 6.54 Å². The lowest BCUT2D eigenvalue weighted by molar-refractivity contribution is 0.455. The van der Waals surface area contributed by atoms with Gasteiger partial charge in [0.15, 0.2) is 0 Å². The molecule has 0 aromatic rings. The van der Waals surface area contributed by atoms with Gasteiger partial charge in [0.2, 0.25) is 0 Å². The first kappa shape index (κ1) is 12.5. The maximum atomic E-state index is 4.07. The number of hydrogen-bond donors (Lipinski definition) is 1. The van der Waals surface area contributed by atoms with Crippen molar-refractivity contribution in [3.8, 4) is 0 Å². The molecule has 0 aliphatic rings. The summed E-state index contributed by atoms with van der Waals surface area (Å²) in [6, 6.07) is 0. The summed E-state index contributed by atoms with van der Waals surface area (Å²) in [6.07, 6.45) is 1.23. The molecule has 13 heavy (non-hydrogen) atoms. The molecule has 0 saturated carbocycles. The van der Waals surface area contributed by atoms with Crippen LogP contribution >= 0.6 is 0 Å². The van der Waals surface area contributed by atoms with Crippen molar-refractivity contribution in [1.29, 1.82) is 0 Å². The molecule has 0 aliphatic carbocycles. The minimum atomic E-state index is 0.596. The summed E-state index contributed by atoms with van der Waals surface area (Å²) in [7, 11) is 0. The Morgan fingerprint density at radius 2 is 1.62 bits per heavy atom. The van der Waals surface area contributed by atoms with Crippen LogP contribution in [0, 0.1) is 17.8 Å². The van der Waals surface area contributed by atoms with E-state index in [0.717, 1.165) is 12.5 Å². The van der Waals surface area contributed by atoms with Crippen molar-refractivity contribution in [3.63, 3.8) is 0 Å². The first-order valence-electron chi connectivity index (χ1n) is 5.36. The van der Waals surface area contributed by atoms with Gasteiger partial charge in [0.1, 0.15) is 0 Å². The number of nitrogens with one attached hydrogen (secondary N) is 1. The number of rotatable bonds is 6. The lowest BCUT2D eigenvalue weighted by atomic mass is 9.96. The van der Waals surface area contributed by atoms with Gasteiger partial charge in [-0.2, -0.15) is 0 Å². The van der Waals surface area contributed by atoms with E-state index in [1.807, 2.05) is 0 Å². The molecule has 0 spiro atoms. The van der Waals surface area contributed by atoms with E-state index in [0.29, 0.717) is 11.8 Å². The minimum Gasteiger partial charge on any atom is -0.388 e. The molecule has 0 aromatic heterocycles. The summed E-state index contributed by atoms with van der Waals surface area (Å²) < 4.78 is 0. The van der Waals surface area contributed by atoms with Crippen LogP contribution in [-0.4, -0.2) is 6.54 Å². The third-order valence-electron chi connectivity index (χ3n) is 2.16. The molecule has 0 bridgehead atoms. The van der Waals surface area contributed by atoms with Crippen molar-refractivity contribution in [3.05, 3.63) is 12.3 Å². The van der Waals surface area contributed by atoms with Gasteiger partial charge in [-0.15, -0.1) is 0 Å². The zero-order valence-electron chi connectivity index (χ0n) is 9.85. The molecule has 0 heterocycles. The smallest absolute Gasteiger partial charge is 0.0166 e. The molecule has 1 atom stereocenters. The van der Waals surface area contributed by atoms with E-state index in [-0.39, 0.29) is 0 Å². The highest BCUT2D eigenvalue weighted by molar-refractivity contribution is 4.96. The van der Waals surface area contributed by atoms with Crippen LogP contribution in [0.25, 0.3) is 0 Å². The molecule has 0 fully saturated rings. The molecular formula is C12H25N. The molecular weight excluding hydrogens is 158 g/mol. The lowest BCUT2D eigenvalue weighted by Gasteiger charge is -2.19. The summed E-state index contributed by atoms with van der Waals surface area (Å²) in [5.74, 6) is 2.05. The molecule has 1 heteroatoms. The second kappa shape index (κ2) is 6.06. The van der Waals surface area contributed by atoms with Gasteiger partial charge in [0.25, 0.3) is 0 Å². The van der Waals surface area contributed by atoms with Crippen molar-refractivity contribution in [1.82, 2.24) is 5.32 Å². The van der Waals surface area contributed by atoms with Crippen LogP contribution in [0.2, 0.25) is 0 Å². The van der Waals surface area contributed by atoms with Gasteiger partial charge in [-0.1, -0.05) is 41.2 Å². The second-order valence-corrected chi connectivity index (χ2v) is 4.83. The predicted octanol–water partition coefficient (Wildman–Crippen LogP) is 3.43. The van der Waals surface area contributed by atoms with Crippen LogP contribution in [0.4, 0.5) is 0 Å². The Hall–Kier alpha value is -0.460. The summed E-state index contributed by atoms with van der Waals surface area (Å²) in [5.41, 5.74) is 1.20. The molecule has 78 valence electrons. The average molecular weight is 183 g/mol. The molecule has 0 radical (unpaired) electrons. The van der Waals surface area contributed by atoms with E-state index in [4.69, 9.17) is 0 Å². The quantitative estimate of drug-likeness (QED) is 0.665. The topological polar surface area (TPSA) is 12.0 Å². The van der Waals surface area contributed by atoms with Gasteiger partial charge in [0.05, 0.1) is 0 Å². The zero-order chi connectivity index (χ0) is 10.4. The van der Waals surface area contributed by atoms with Crippen LogP contribution in [0.1, 0.15) is 41.0 Å². The highest BCUT2D eigenvalue weighted by Crippen LogP contribution is 2.16. The number of allylic oxidation sites excluding steroid dienone is 1. The first-order valence-corrected chi connectivity index (χ1v) is 5.36. The van der Waals surface area contributed by atoms with Gasteiger partial charge in [0, 0.05) is 12.2 Å². The van der Waals surface area contributed by atoms with E-state index in [2.05, 4.69) is 46.5 Å². The fourth-order valence-corrected chi connectivity index (χ4v) is 1.36. The van der Waals surface area contributed by atoms with Crippen molar-refractivity contribution < 1.29 is 0 Å². The van der Waals surface area contributed by atoms with Gasteiger partial charge < -0.3 is 5.32 Å². The second-order valence-electron chi connectivity index (χ2n) is 4.83. The van der Waals surface area contributed by atoms with Gasteiger partial charge in [-0.3, -0.25) is 0 Å². The highest BCUT2D eigenvalue weighted by atomic mass is 14.9. The Balaban J connectivity index is 3.69. The van der Waals surface area contributed by atoms with Gasteiger partial charge in [-0.05, 0) is 24.2 Å². The van der Waals surface area contributed by atoms with Crippen LogP contribution in [-0.2, 0) is 0 Å². The van der Waals surface area contributed by atoms with Crippen molar-refractivity contribution >= 4 is 0 Å². The normalized spacial score (nSPS) is 13.5. The maximum absolute atomic E-state index is 4.07. The van der Waals surface area contributed by atoms with E-state index in [1.54, 1.807) is 0 Å². The molecule has 1 nitrogen and oxygen atoms in total. The van der Waals surface area contributed by atoms with Gasteiger partial charge >= 0.3 is 0 Å². The number of hydrogen-bond acceptors (Lipinski definition) is 1. The van der Waals surface area contributed by atoms with Crippen LogP contribution in [0.15, 0.2) is 12.3 Å². The Labute approximate surface area is 83.6 Å². The van der Waals surface area contributed by atoms with E-state index >= 15 is 0 Å². The van der Waals surface area contributed by atoms with Gasteiger partial charge in [-0.25, -0.2) is 0 Å². The lowest BCUT2D eigenvalue weighted by Crippen LogP contribution is -2.23. The first-order chi connectivity index (χ1) is 5.93. The summed E-state index contributed by atoms with van der Waals surface area (Å²) in [6.45, 7) is 16.3. The highest BCUT2D eigenvalue weighted by Gasteiger charge is 2.08. The molecule has 0 unspecified atom stereocenters. The van der Waals surface area contributed by atoms with Crippen molar-refractivity contribution in [2.24, 2.45) is 17.8 Å². The maximum Gasteiger partial charge on any atom is 0.0166 e. The molecule has 1 N–H and O–H groups in total. The monoisotopic (exact) mass is 183 g/mol. The molecule has 0 saturated heterocycles. The van der Waals surface area contributed by atoms with Crippen LogP contribution < -0.4 is 5.32 Å². The molecule has 0 rings (SSSR count). The summed E-state index contributed by atoms with van der Waals surface area (Å²) in [5, 5.41) is 3.39. The Bertz CT molecular complexity index is 147. The van der Waals surface area contributed by atoms with Crippen LogP contribution in [0.3, 0.4) is 0 Å². The molecule has 0 aliphatic heterocycles. The third-order valence-corrected chi connectivity index (χ3v) is 2.16. The summed E-state index contributed by atoms with van der Waals surface area (Å²) >= 11 is 0. The largest absolute Gasteiger partial charge is 0.388 e. The Morgan fingerprint density at radius 3 is 2.00 bits per heavy atom. The molecule has 0 aromatic carbocycles. The van der Waals surface area contributed by atoms with E-state index in [1.165, 1.54) is 12.1 Å². The predicted molar refractivity (Wildman–Crippen MR) is 60.6 cm³/mol. The zero-order valence-corrected chi connectivity index (χ0v) is 9.85. The van der Waals surface area contributed by atoms with Crippen molar-refractivity contribution in [2.45, 2.75) is 41.0 Å². The van der Waals surface area contributed by atoms with E-state index < -0.39 is 0 Å². The fraction of sp³-hybridized carbons (Fsp3) is 0.833. The Kier molecular flexibility index (Phi) is 5.85. The summed E-state index contributed by atoms with van der Waals surface area (Å²) in [4.78, 5) is 0. The average Bonchev–Trinajstić information content (AvgIpc) is 1.98.